The predicted molar refractivity (Wildman–Crippen MR) is 77.9 cm³/mol. The van der Waals surface area contributed by atoms with Crippen molar-refractivity contribution in [2.45, 2.75) is 31.3 Å². The second kappa shape index (κ2) is 4.77. The Morgan fingerprint density at radius 1 is 1.21 bits per heavy atom. The molecule has 0 radical (unpaired) electrons. The zero-order valence-corrected chi connectivity index (χ0v) is 12.4. The molecule has 2 aliphatic heterocycles. The molecular weight excluding hydrogens is 357 g/mol. The van der Waals surface area contributed by atoms with Gasteiger partial charge in [-0.25, -0.2) is 0 Å². The number of hydrogen-bond acceptors (Lipinski definition) is 2. The van der Waals surface area contributed by atoms with Crippen molar-refractivity contribution in [3.05, 3.63) is 33.4 Å². The number of carbonyl (C=O) groups excluding carboxylic acids is 1. The van der Waals surface area contributed by atoms with E-state index < -0.39 is 5.97 Å². The number of rotatable bonds is 2. The van der Waals surface area contributed by atoms with E-state index in [-0.39, 0.29) is 23.9 Å². The normalized spacial score (nSPS) is 28.7. The van der Waals surface area contributed by atoms with Crippen LogP contribution < -0.4 is 0 Å². The van der Waals surface area contributed by atoms with Crippen molar-refractivity contribution >= 4 is 34.5 Å². The van der Waals surface area contributed by atoms with Gasteiger partial charge in [0.05, 0.1) is 5.92 Å². The summed E-state index contributed by atoms with van der Waals surface area (Å²) < 4.78 is 1.09. The van der Waals surface area contributed by atoms with Crippen LogP contribution in [-0.2, 0) is 4.79 Å². The number of hydrogen-bond donors (Lipinski definition) is 1. The number of carbonyl (C=O) groups is 2. The lowest BCUT2D eigenvalue weighted by Gasteiger charge is -2.23. The van der Waals surface area contributed by atoms with Crippen LogP contribution in [0, 0.1) is 9.49 Å². The van der Waals surface area contributed by atoms with Crippen LogP contribution in [0.4, 0.5) is 0 Å². The number of halogens is 1. The molecule has 2 bridgehead atoms. The maximum atomic E-state index is 12.5. The van der Waals surface area contributed by atoms with Crippen LogP contribution in [0.1, 0.15) is 29.6 Å². The second-order valence-electron chi connectivity index (χ2n) is 5.20. The lowest BCUT2D eigenvalue weighted by atomic mass is 9.89. The Hall–Kier alpha value is -1.11. The molecule has 0 aliphatic carbocycles. The zero-order valence-electron chi connectivity index (χ0n) is 10.3. The first-order valence-electron chi connectivity index (χ1n) is 6.39. The van der Waals surface area contributed by atoms with E-state index in [2.05, 4.69) is 22.6 Å². The van der Waals surface area contributed by atoms with Gasteiger partial charge in [0, 0.05) is 21.2 Å². The Morgan fingerprint density at radius 3 is 2.47 bits per heavy atom. The molecule has 19 heavy (non-hydrogen) atoms. The van der Waals surface area contributed by atoms with E-state index in [4.69, 9.17) is 0 Å². The summed E-state index contributed by atoms with van der Waals surface area (Å²) in [5, 5.41) is 9.20. The standard InChI is InChI=1S/C14H14INO3/c15-9-3-1-8(2-4-9)13(17)16-10-5-6-12(16)11(7-10)14(18)19/h1-4,10-12H,5-7H2,(H,18,19). The summed E-state index contributed by atoms with van der Waals surface area (Å²) >= 11 is 2.20. The van der Waals surface area contributed by atoms with Crippen molar-refractivity contribution in [3.63, 3.8) is 0 Å². The van der Waals surface area contributed by atoms with Gasteiger partial charge in [-0.15, -0.1) is 0 Å². The SMILES string of the molecule is O=C(O)C1CC2CCC1N2C(=O)c1ccc(I)cc1. The van der Waals surface area contributed by atoms with E-state index in [1.54, 1.807) is 4.90 Å². The van der Waals surface area contributed by atoms with Gasteiger partial charge in [-0.2, -0.15) is 0 Å². The number of aliphatic carboxylic acids is 1. The summed E-state index contributed by atoms with van der Waals surface area (Å²) in [5.74, 6) is -1.17. The topological polar surface area (TPSA) is 57.6 Å². The van der Waals surface area contributed by atoms with E-state index in [0.29, 0.717) is 12.0 Å². The van der Waals surface area contributed by atoms with Crippen LogP contribution in [0.25, 0.3) is 0 Å². The monoisotopic (exact) mass is 371 g/mol. The molecule has 2 aliphatic rings. The van der Waals surface area contributed by atoms with Crippen molar-refractivity contribution in [2.75, 3.05) is 0 Å². The molecular formula is C14H14INO3. The summed E-state index contributed by atoms with van der Waals surface area (Å²) in [6, 6.07) is 7.43. The van der Waals surface area contributed by atoms with E-state index >= 15 is 0 Å². The molecule has 3 unspecified atom stereocenters. The largest absolute Gasteiger partial charge is 0.481 e. The Kier molecular flexibility index (Phi) is 3.24. The highest BCUT2D eigenvalue weighted by molar-refractivity contribution is 14.1. The molecule has 3 atom stereocenters. The van der Waals surface area contributed by atoms with Crippen LogP contribution in [0.2, 0.25) is 0 Å². The minimum atomic E-state index is -0.771. The van der Waals surface area contributed by atoms with Gasteiger partial charge in [0.2, 0.25) is 0 Å². The van der Waals surface area contributed by atoms with Gasteiger partial charge in [0.15, 0.2) is 0 Å². The summed E-state index contributed by atoms with van der Waals surface area (Å²) in [5.41, 5.74) is 0.656. The van der Waals surface area contributed by atoms with Crippen LogP contribution in [-0.4, -0.2) is 34.0 Å². The summed E-state index contributed by atoms with van der Waals surface area (Å²) in [4.78, 5) is 25.5. The average molecular weight is 371 g/mol. The van der Waals surface area contributed by atoms with Gasteiger partial charge >= 0.3 is 5.97 Å². The minimum absolute atomic E-state index is 0.0207. The molecule has 3 rings (SSSR count). The third kappa shape index (κ3) is 2.13. The third-order valence-corrected chi connectivity index (χ3v) is 4.90. The molecule has 100 valence electrons. The number of carboxylic acids is 1. The van der Waals surface area contributed by atoms with Gasteiger partial charge in [0.1, 0.15) is 0 Å². The van der Waals surface area contributed by atoms with E-state index in [0.717, 1.165) is 16.4 Å². The number of benzene rings is 1. The van der Waals surface area contributed by atoms with Gasteiger partial charge in [0.25, 0.3) is 5.91 Å². The van der Waals surface area contributed by atoms with E-state index in [1.165, 1.54) is 0 Å². The highest BCUT2D eigenvalue weighted by Crippen LogP contribution is 2.42. The fraction of sp³-hybridized carbons (Fsp3) is 0.429. The van der Waals surface area contributed by atoms with Crippen molar-refractivity contribution in [2.24, 2.45) is 5.92 Å². The maximum absolute atomic E-state index is 12.5. The molecule has 0 spiro atoms. The summed E-state index contributed by atoms with van der Waals surface area (Å²) in [7, 11) is 0. The van der Waals surface area contributed by atoms with E-state index in [9.17, 15) is 14.7 Å². The number of nitrogens with zero attached hydrogens (tertiary/aromatic N) is 1. The van der Waals surface area contributed by atoms with Crippen molar-refractivity contribution in [3.8, 4) is 0 Å². The quantitative estimate of drug-likeness (QED) is 0.813. The lowest BCUT2D eigenvalue weighted by Crippen LogP contribution is -2.37. The molecule has 5 heteroatoms. The molecule has 1 aromatic carbocycles. The van der Waals surface area contributed by atoms with Crippen LogP contribution in [0.15, 0.2) is 24.3 Å². The Balaban J connectivity index is 1.85. The molecule has 2 saturated heterocycles. The molecule has 2 heterocycles. The fourth-order valence-corrected chi connectivity index (χ4v) is 3.67. The van der Waals surface area contributed by atoms with Crippen LogP contribution in [0.5, 0.6) is 0 Å². The molecule has 1 N–H and O–H groups in total. The maximum Gasteiger partial charge on any atom is 0.308 e. The second-order valence-corrected chi connectivity index (χ2v) is 6.44. The average Bonchev–Trinajstić information content (AvgIpc) is 2.96. The smallest absolute Gasteiger partial charge is 0.308 e. The Morgan fingerprint density at radius 2 is 1.89 bits per heavy atom. The first-order chi connectivity index (χ1) is 9.08. The highest BCUT2D eigenvalue weighted by Gasteiger charge is 2.51. The number of amides is 1. The molecule has 4 nitrogen and oxygen atoms in total. The first-order valence-corrected chi connectivity index (χ1v) is 7.47. The molecule has 2 fully saturated rings. The van der Waals surface area contributed by atoms with Gasteiger partial charge in [-0.05, 0) is 66.1 Å². The fourth-order valence-electron chi connectivity index (χ4n) is 3.31. The molecule has 0 saturated carbocycles. The van der Waals surface area contributed by atoms with Crippen molar-refractivity contribution in [1.29, 1.82) is 0 Å². The van der Waals surface area contributed by atoms with Gasteiger partial charge in [-0.3, -0.25) is 9.59 Å². The molecule has 0 aromatic heterocycles. The lowest BCUT2D eigenvalue weighted by molar-refractivity contribution is -0.142. The first kappa shape index (κ1) is 12.9. The third-order valence-electron chi connectivity index (χ3n) is 4.18. The summed E-state index contributed by atoms with van der Waals surface area (Å²) in [6.07, 6.45) is 2.36. The Bertz CT molecular complexity index is 528. The zero-order chi connectivity index (χ0) is 13.6. The molecule has 1 amide bonds. The van der Waals surface area contributed by atoms with Crippen molar-refractivity contribution in [1.82, 2.24) is 4.90 Å². The van der Waals surface area contributed by atoms with E-state index in [1.807, 2.05) is 24.3 Å². The Labute approximate surface area is 124 Å². The van der Waals surface area contributed by atoms with Crippen molar-refractivity contribution < 1.29 is 14.7 Å². The number of fused-ring (bicyclic) bond motifs is 2. The van der Waals surface area contributed by atoms with Gasteiger partial charge < -0.3 is 10.0 Å². The summed E-state index contributed by atoms with van der Waals surface area (Å²) in [6.45, 7) is 0. The predicted octanol–water partition coefficient (Wildman–Crippen LogP) is 2.37. The molecule has 1 aromatic rings. The van der Waals surface area contributed by atoms with Crippen LogP contribution >= 0.6 is 22.6 Å². The highest BCUT2D eigenvalue weighted by atomic mass is 127. The number of carboxylic acid groups (broad SMARTS) is 1. The minimum Gasteiger partial charge on any atom is -0.481 e. The van der Waals surface area contributed by atoms with Gasteiger partial charge in [-0.1, -0.05) is 0 Å². The van der Waals surface area contributed by atoms with Crippen LogP contribution in [0.3, 0.4) is 0 Å².